The van der Waals surface area contributed by atoms with Crippen molar-refractivity contribution in [2.45, 2.75) is 57.3 Å². The molecule has 1 aliphatic carbocycles. The van der Waals surface area contributed by atoms with Gasteiger partial charge in [0.1, 0.15) is 11.8 Å². The zero-order valence-electron chi connectivity index (χ0n) is 20.4. The molecule has 4 N–H and O–H groups in total. The molecular weight excluding hydrogens is 476 g/mol. The van der Waals surface area contributed by atoms with Crippen LogP contribution in [-0.2, 0) is 22.7 Å². The first-order valence-electron chi connectivity index (χ1n) is 12.6. The van der Waals surface area contributed by atoms with Crippen LogP contribution in [0.15, 0.2) is 42.5 Å². The van der Waals surface area contributed by atoms with Crippen molar-refractivity contribution in [3.63, 3.8) is 0 Å². The number of nitrogens with zero attached hydrogens (tertiary/aromatic N) is 1. The summed E-state index contributed by atoms with van der Waals surface area (Å²) in [6.45, 7) is 0.749. The molecule has 0 bridgehead atoms. The Morgan fingerprint density at radius 1 is 1.08 bits per heavy atom. The smallest absolute Gasteiger partial charge is 0.319 e. The summed E-state index contributed by atoms with van der Waals surface area (Å²) in [6.07, 6.45) is 3.39. The highest BCUT2D eigenvalue weighted by Crippen LogP contribution is 2.30. The van der Waals surface area contributed by atoms with Crippen LogP contribution in [0.25, 0.3) is 0 Å². The molecule has 0 radical (unpaired) electrons. The van der Waals surface area contributed by atoms with Crippen LogP contribution in [0.1, 0.15) is 53.6 Å². The Balaban J connectivity index is 1.11. The molecule has 2 aliphatic heterocycles. The largest absolute Gasteiger partial charge is 0.490 e. The summed E-state index contributed by atoms with van der Waals surface area (Å²) in [4.78, 5) is 50.4. The van der Waals surface area contributed by atoms with Gasteiger partial charge >= 0.3 is 6.03 Å². The van der Waals surface area contributed by atoms with Gasteiger partial charge in [0, 0.05) is 37.4 Å². The van der Waals surface area contributed by atoms with Crippen molar-refractivity contribution in [1.29, 1.82) is 0 Å². The van der Waals surface area contributed by atoms with E-state index in [1.165, 1.54) is 4.90 Å². The second-order valence-electron chi connectivity index (χ2n) is 9.83. The first kappa shape index (κ1) is 24.8. The van der Waals surface area contributed by atoms with E-state index in [0.717, 1.165) is 36.1 Å². The van der Waals surface area contributed by atoms with Crippen molar-refractivity contribution in [3.05, 3.63) is 59.2 Å². The molecule has 2 fully saturated rings. The molecule has 3 atom stereocenters. The molecule has 2 aromatic carbocycles. The third kappa shape index (κ3) is 5.59. The number of aliphatic hydroxyl groups is 1. The number of ether oxygens (including phenoxy) is 1. The van der Waals surface area contributed by atoms with Crippen molar-refractivity contribution >= 4 is 29.4 Å². The molecule has 37 heavy (non-hydrogen) atoms. The number of rotatable bonds is 7. The van der Waals surface area contributed by atoms with Crippen molar-refractivity contribution in [2.24, 2.45) is 5.92 Å². The van der Waals surface area contributed by atoms with Gasteiger partial charge in [-0.3, -0.25) is 19.7 Å². The minimum Gasteiger partial charge on any atom is -0.490 e. The number of imide groups is 1. The van der Waals surface area contributed by atoms with E-state index in [4.69, 9.17) is 4.74 Å². The number of hydrogen-bond acceptors (Lipinski definition) is 6. The van der Waals surface area contributed by atoms with Gasteiger partial charge in [-0.15, -0.1) is 0 Å². The maximum absolute atomic E-state index is 12.8. The standard InChI is InChI=1S/C27H30N4O6/c32-15-17-1-5-21(12-17)37-20-6-3-19(4-7-20)29-27(36)28-13-16-2-8-22-18(11-16)14-31(26(22)35)23-9-10-24(33)30-25(23)34/h2-4,6-8,11,17,21,23,32H,1,5,9-10,12-15H2,(H2,28,29,36)(H,30,33,34)/t17-,21-,23?/m0/s1. The number of fused-ring (bicyclic) bond motifs is 1. The Kier molecular flexibility index (Phi) is 7.09. The predicted octanol–water partition coefficient (Wildman–Crippen LogP) is 2.31. The Morgan fingerprint density at radius 3 is 2.62 bits per heavy atom. The van der Waals surface area contributed by atoms with Crippen LogP contribution in [-0.4, -0.2) is 52.5 Å². The molecule has 10 heteroatoms. The fourth-order valence-corrected chi connectivity index (χ4v) is 5.21. The maximum atomic E-state index is 12.8. The minimum atomic E-state index is -0.655. The van der Waals surface area contributed by atoms with E-state index in [9.17, 15) is 24.3 Å². The normalized spacial score (nSPS) is 23.0. The highest BCUT2D eigenvalue weighted by molar-refractivity contribution is 6.05. The Bertz CT molecular complexity index is 1210. The summed E-state index contributed by atoms with van der Waals surface area (Å²) in [5.41, 5.74) is 2.78. The number of piperidine rings is 1. The van der Waals surface area contributed by atoms with Gasteiger partial charge in [0.2, 0.25) is 11.8 Å². The molecule has 1 unspecified atom stereocenters. The lowest BCUT2D eigenvalue weighted by molar-refractivity contribution is -0.136. The summed E-state index contributed by atoms with van der Waals surface area (Å²) < 4.78 is 5.97. The van der Waals surface area contributed by atoms with E-state index >= 15 is 0 Å². The lowest BCUT2D eigenvalue weighted by atomic mass is 10.0. The number of nitrogens with one attached hydrogen (secondary N) is 3. The molecule has 3 aliphatic rings. The van der Waals surface area contributed by atoms with Crippen molar-refractivity contribution in [3.8, 4) is 5.75 Å². The van der Waals surface area contributed by atoms with E-state index in [0.29, 0.717) is 23.6 Å². The SMILES string of the molecule is O=C1CCC(N2Cc3cc(CNC(=O)Nc4ccc(O[C@H]5CC[C@H](CO)C5)cc4)ccc3C2=O)C(=O)N1. The molecule has 5 rings (SSSR count). The number of amides is 5. The van der Waals surface area contributed by atoms with Crippen LogP contribution in [0.5, 0.6) is 5.75 Å². The zero-order valence-corrected chi connectivity index (χ0v) is 20.4. The lowest BCUT2D eigenvalue weighted by Gasteiger charge is -2.29. The van der Waals surface area contributed by atoms with Crippen LogP contribution in [0.2, 0.25) is 0 Å². The minimum absolute atomic E-state index is 0.109. The number of anilines is 1. The molecule has 0 aromatic heterocycles. The van der Waals surface area contributed by atoms with Crippen LogP contribution >= 0.6 is 0 Å². The van der Waals surface area contributed by atoms with Crippen LogP contribution in [0.3, 0.4) is 0 Å². The summed E-state index contributed by atoms with van der Waals surface area (Å²) in [5.74, 6) is 0.0562. The van der Waals surface area contributed by atoms with Gasteiger partial charge in [-0.1, -0.05) is 12.1 Å². The number of benzene rings is 2. The van der Waals surface area contributed by atoms with Crippen LogP contribution in [0.4, 0.5) is 10.5 Å². The number of carbonyl (C=O) groups is 4. The highest BCUT2D eigenvalue weighted by atomic mass is 16.5. The molecule has 1 saturated heterocycles. The van der Waals surface area contributed by atoms with E-state index in [1.807, 2.05) is 18.2 Å². The van der Waals surface area contributed by atoms with Gasteiger partial charge in [-0.2, -0.15) is 0 Å². The number of urea groups is 1. The first-order chi connectivity index (χ1) is 17.9. The van der Waals surface area contributed by atoms with Gasteiger partial charge in [0.15, 0.2) is 0 Å². The van der Waals surface area contributed by atoms with E-state index < -0.39 is 11.9 Å². The van der Waals surface area contributed by atoms with Gasteiger partial charge in [-0.05, 0) is 73.1 Å². The first-order valence-corrected chi connectivity index (χ1v) is 12.6. The van der Waals surface area contributed by atoms with Crippen molar-refractivity contribution < 1.29 is 29.0 Å². The van der Waals surface area contributed by atoms with Gasteiger partial charge < -0.3 is 25.4 Å². The average Bonchev–Trinajstić information content (AvgIpc) is 3.47. The van der Waals surface area contributed by atoms with Crippen LogP contribution in [0, 0.1) is 5.92 Å². The summed E-state index contributed by atoms with van der Waals surface area (Å²) in [7, 11) is 0. The van der Waals surface area contributed by atoms with Crippen molar-refractivity contribution in [2.75, 3.05) is 11.9 Å². The molecule has 1 saturated carbocycles. The maximum Gasteiger partial charge on any atom is 0.319 e. The number of carbonyl (C=O) groups excluding carboxylic acids is 4. The third-order valence-corrected chi connectivity index (χ3v) is 7.21. The fourth-order valence-electron chi connectivity index (χ4n) is 5.21. The molecule has 2 aromatic rings. The summed E-state index contributed by atoms with van der Waals surface area (Å²) in [6, 6.07) is 11.5. The topological polar surface area (TPSA) is 137 Å². The third-order valence-electron chi connectivity index (χ3n) is 7.21. The molecule has 194 valence electrons. The van der Waals surface area contributed by atoms with Gasteiger partial charge in [0.05, 0.1) is 6.10 Å². The van der Waals surface area contributed by atoms with Crippen molar-refractivity contribution in [1.82, 2.24) is 15.5 Å². The van der Waals surface area contributed by atoms with Gasteiger partial charge in [-0.25, -0.2) is 4.79 Å². The Morgan fingerprint density at radius 2 is 1.89 bits per heavy atom. The predicted molar refractivity (Wildman–Crippen MR) is 134 cm³/mol. The number of aliphatic hydroxyl groups excluding tert-OH is 1. The van der Waals surface area contributed by atoms with E-state index in [1.54, 1.807) is 24.3 Å². The Labute approximate surface area is 214 Å². The van der Waals surface area contributed by atoms with E-state index in [2.05, 4.69) is 16.0 Å². The number of hydrogen-bond donors (Lipinski definition) is 4. The van der Waals surface area contributed by atoms with Crippen LogP contribution < -0.4 is 20.7 Å². The second-order valence-corrected chi connectivity index (χ2v) is 9.83. The monoisotopic (exact) mass is 506 g/mol. The summed E-state index contributed by atoms with van der Waals surface area (Å²) in [5, 5.41) is 17.2. The van der Waals surface area contributed by atoms with Gasteiger partial charge in [0.25, 0.3) is 5.91 Å². The lowest BCUT2D eigenvalue weighted by Crippen LogP contribution is -2.52. The summed E-state index contributed by atoms with van der Waals surface area (Å²) >= 11 is 0. The second kappa shape index (κ2) is 10.6. The molecule has 10 nitrogen and oxygen atoms in total. The van der Waals surface area contributed by atoms with E-state index in [-0.39, 0.29) is 50.1 Å². The quantitative estimate of drug-likeness (QED) is 0.426. The molecule has 2 heterocycles. The average molecular weight is 507 g/mol. The molecular formula is C27H30N4O6. The molecule has 5 amide bonds. The fraction of sp³-hybridized carbons (Fsp3) is 0.407. The Hall–Kier alpha value is -3.92. The molecule has 0 spiro atoms. The zero-order chi connectivity index (χ0) is 25.9. The highest BCUT2D eigenvalue weighted by Gasteiger charge is 2.39.